The van der Waals surface area contributed by atoms with Gasteiger partial charge < -0.3 is 20.1 Å². The van der Waals surface area contributed by atoms with Gasteiger partial charge in [0.2, 0.25) is 5.91 Å². The van der Waals surface area contributed by atoms with Gasteiger partial charge in [0.25, 0.3) is 0 Å². The molecule has 2 aromatic carbocycles. The topological polar surface area (TPSA) is 135 Å². The number of nitrogens with one attached hydrogen (secondary N) is 2. The van der Waals surface area contributed by atoms with E-state index in [9.17, 15) is 23.6 Å². The molecule has 34 heavy (non-hydrogen) atoms. The van der Waals surface area contributed by atoms with Crippen molar-refractivity contribution >= 4 is 40.5 Å². The number of nitriles is 1. The number of rotatable bonds is 10. The van der Waals surface area contributed by atoms with Crippen molar-refractivity contribution in [1.82, 2.24) is 5.32 Å². The van der Waals surface area contributed by atoms with Crippen LogP contribution in [0.2, 0.25) is 0 Å². The Morgan fingerprint density at radius 1 is 1.03 bits per heavy atom. The van der Waals surface area contributed by atoms with Crippen LogP contribution in [0.25, 0.3) is 0 Å². The summed E-state index contributed by atoms with van der Waals surface area (Å²) in [4.78, 5) is 47.8. The first kappa shape index (κ1) is 26.3. The van der Waals surface area contributed by atoms with Crippen LogP contribution in [0.1, 0.15) is 17.5 Å². The van der Waals surface area contributed by atoms with Gasteiger partial charge in [0.1, 0.15) is 24.5 Å². The molecule has 2 rings (SSSR count). The summed E-state index contributed by atoms with van der Waals surface area (Å²) < 4.78 is 22.7. The van der Waals surface area contributed by atoms with Crippen LogP contribution in [0, 0.1) is 17.1 Å². The summed E-state index contributed by atoms with van der Waals surface area (Å²) in [5, 5.41) is 13.1. The van der Waals surface area contributed by atoms with Crippen LogP contribution in [0.15, 0.2) is 48.5 Å². The SMILES string of the molecule is CSC(=O)C[C@H](NC(=O)OCc1ccc(NC(=O)Cc2ccc(F)cc2)cc1)C(=O)OCC#N. The molecular formula is C23H22FN3O6S. The van der Waals surface area contributed by atoms with Crippen molar-refractivity contribution < 1.29 is 33.0 Å². The van der Waals surface area contributed by atoms with Gasteiger partial charge in [0, 0.05) is 12.1 Å². The lowest BCUT2D eigenvalue weighted by Crippen LogP contribution is -2.43. The Morgan fingerprint density at radius 3 is 2.29 bits per heavy atom. The number of halogens is 1. The molecule has 0 radical (unpaired) electrons. The third kappa shape index (κ3) is 9.30. The van der Waals surface area contributed by atoms with Gasteiger partial charge >= 0.3 is 12.1 Å². The molecule has 1 atom stereocenters. The number of benzene rings is 2. The summed E-state index contributed by atoms with van der Waals surface area (Å²) in [6.07, 6.45) is 0.368. The van der Waals surface area contributed by atoms with E-state index in [0.717, 1.165) is 11.8 Å². The van der Waals surface area contributed by atoms with E-state index in [2.05, 4.69) is 15.4 Å². The summed E-state index contributed by atoms with van der Waals surface area (Å²) in [5.74, 6) is -1.57. The van der Waals surface area contributed by atoms with Crippen LogP contribution < -0.4 is 10.6 Å². The van der Waals surface area contributed by atoms with Crippen LogP contribution in [0.3, 0.4) is 0 Å². The molecule has 0 spiro atoms. The second kappa shape index (κ2) is 13.6. The fraction of sp³-hybridized carbons (Fsp3) is 0.261. The number of alkyl carbamates (subject to hydrolysis) is 1. The molecular weight excluding hydrogens is 465 g/mol. The predicted molar refractivity (Wildman–Crippen MR) is 122 cm³/mol. The fourth-order valence-electron chi connectivity index (χ4n) is 2.66. The first-order valence-corrected chi connectivity index (χ1v) is 11.2. The number of amides is 2. The van der Waals surface area contributed by atoms with Crippen molar-refractivity contribution in [1.29, 1.82) is 5.26 Å². The summed E-state index contributed by atoms with van der Waals surface area (Å²) in [7, 11) is 0. The number of nitrogens with zero attached hydrogens (tertiary/aromatic N) is 1. The smallest absolute Gasteiger partial charge is 0.408 e. The second-order valence-corrected chi connectivity index (χ2v) is 7.73. The highest BCUT2D eigenvalue weighted by atomic mass is 32.2. The highest BCUT2D eigenvalue weighted by molar-refractivity contribution is 8.13. The lowest BCUT2D eigenvalue weighted by atomic mass is 10.1. The van der Waals surface area contributed by atoms with E-state index in [4.69, 9.17) is 10.00 Å². The summed E-state index contributed by atoms with van der Waals surface area (Å²) in [6, 6.07) is 12.5. The van der Waals surface area contributed by atoms with Crippen LogP contribution in [0.4, 0.5) is 14.9 Å². The molecule has 0 aliphatic rings. The second-order valence-electron chi connectivity index (χ2n) is 6.87. The minimum atomic E-state index is -1.28. The zero-order valence-electron chi connectivity index (χ0n) is 18.2. The summed E-state index contributed by atoms with van der Waals surface area (Å²) >= 11 is 0.889. The quantitative estimate of drug-likeness (QED) is 0.489. The maximum absolute atomic E-state index is 12.9. The molecule has 0 heterocycles. The van der Waals surface area contributed by atoms with Gasteiger partial charge in [-0.25, -0.2) is 14.0 Å². The molecule has 0 fully saturated rings. The van der Waals surface area contributed by atoms with Crippen molar-refractivity contribution in [3.8, 4) is 6.07 Å². The minimum absolute atomic E-state index is 0.0856. The Balaban J connectivity index is 1.84. The lowest BCUT2D eigenvalue weighted by Gasteiger charge is -2.16. The van der Waals surface area contributed by atoms with Gasteiger partial charge in [0.15, 0.2) is 11.7 Å². The largest absolute Gasteiger partial charge is 0.449 e. The van der Waals surface area contributed by atoms with E-state index < -0.39 is 24.7 Å². The molecule has 2 N–H and O–H groups in total. The molecule has 2 aromatic rings. The Bertz CT molecular complexity index is 1050. The number of anilines is 1. The molecule has 0 unspecified atom stereocenters. The molecule has 11 heteroatoms. The first-order chi connectivity index (χ1) is 16.3. The highest BCUT2D eigenvalue weighted by Gasteiger charge is 2.25. The third-order valence-corrected chi connectivity index (χ3v) is 4.96. The van der Waals surface area contributed by atoms with Crippen LogP contribution in [-0.4, -0.2) is 42.0 Å². The average Bonchev–Trinajstić information content (AvgIpc) is 2.83. The first-order valence-electron chi connectivity index (χ1n) is 9.97. The van der Waals surface area contributed by atoms with E-state index in [-0.39, 0.29) is 36.3 Å². The number of hydrogen-bond donors (Lipinski definition) is 2. The zero-order chi connectivity index (χ0) is 24.9. The Kier molecular flexibility index (Phi) is 10.5. The molecule has 0 aliphatic carbocycles. The maximum Gasteiger partial charge on any atom is 0.408 e. The summed E-state index contributed by atoms with van der Waals surface area (Å²) in [6.45, 7) is -0.640. The Labute approximate surface area is 199 Å². The molecule has 178 valence electrons. The number of esters is 1. The van der Waals surface area contributed by atoms with Crippen molar-refractivity contribution in [2.75, 3.05) is 18.2 Å². The van der Waals surface area contributed by atoms with Crippen LogP contribution >= 0.6 is 11.8 Å². The van der Waals surface area contributed by atoms with E-state index in [0.29, 0.717) is 16.8 Å². The maximum atomic E-state index is 12.9. The number of thioether (sulfide) groups is 1. The van der Waals surface area contributed by atoms with Crippen molar-refractivity contribution in [2.45, 2.75) is 25.5 Å². The number of hydrogen-bond acceptors (Lipinski definition) is 8. The van der Waals surface area contributed by atoms with Gasteiger partial charge in [-0.05, 0) is 41.6 Å². The van der Waals surface area contributed by atoms with Gasteiger partial charge in [-0.1, -0.05) is 36.0 Å². The Morgan fingerprint density at radius 2 is 1.68 bits per heavy atom. The third-order valence-electron chi connectivity index (χ3n) is 4.34. The van der Waals surface area contributed by atoms with Crippen LogP contribution in [-0.2, 0) is 36.9 Å². The fourth-order valence-corrected chi connectivity index (χ4v) is 2.99. The van der Waals surface area contributed by atoms with E-state index in [1.165, 1.54) is 30.5 Å². The molecule has 0 saturated carbocycles. The normalized spacial score (nSPS) is 11.0. The average molecular weight is 488 g/mol. The molecule has 0 saturated heterocycles. The number of ether oxygens (including phenoxy) is 2. The van der Waals surface area contributed by atoms with E-state index >= 15 is 0 Å². The van der Waals surface area contributed by atoms with E-state index in [1.54, 1.807) is 30.3 Å². The number of carbonyl (C=O) groups excluding carboxylic acids is 4. The Hall–Kier alpha value is -3.91. The van der Waals surface area contributed by atoms with Gasteiger partial charge in [0.05, 0.1) is 6.42 Å². The predicted octanol–water partition coefficient (Wildman–Crippen LogP) is 2.95. The zero-order valence-corrected chi connectivity index (χ0v) is 19.0. The van der Waals surface area contributed by atoms with Crippen LogP contribution in [0.5, 0.6) is 0 Å². The highest BCUT2D eigenvalue weighted by Crippen LogP contribution is 2.12. The van der Waals surface area contributed by atoms with Gasteiger partial charge in [-0.3, -0.25) is 9.59 Å². The lowest BCUT2D eigenvalue weighted by molar-refractivity contribution is -0.145. The number of carbonyl (C=O) groups is 4. The van der Waals surface area contributed by atoms with Crippen molar-refractivity contribution in [3.05, 3.63) is 65.5 Å². The standard InChI is InChI=1S/C23H22FN3O6S/c1-34-21(29)13-19(22(30)32-11-10-25)27-23(31)33-14-16-4-8-18(9-5-16)26-20(28)12-15-2-6-17(24)7-3-15/h2-9,19H,11-14H2,1H3,(H,26,28)(H,27,31)/t19-/m0/s1. The van der Waals surface area contributed by atoms with Gasteiger partial charge in [-0.2, -0.15) is 5.26 Å². The monoisotopic (exact) mass is 487 g/mol. The summed E-state index contributed by atoms with van der Waals surface area (Å²) in [5.41, 5.74) is 1.80. The van der Waals surface area contributed by atoms with E-state index in [1.807, 2.05) is 0 Å². The van der Waals surface area contributed by atoms with Crippen molar-refractivity contribution in [3.63, 3.8) is 0 Å². The molecule has 0 aromatic heterocycles. The van der Waals surface area contributed by atoms with Gasteiger partial charge in [-0.15, -0.1) is 0 Å². The molecule has 0 bridgehead atoms. The van der Waals surface area contributed by atoms with Crippen molar-refractivity contribution in [2.24, 2.45) is 0 Å². The molecule has 2 amide bonds. The molecule has 9 nitrogen and oxygen atoms in total. The molecule has 0 aliphatic heterocycles. The minimum Gasteiger partial charge on any atom is -0.449 e.